The third-order valence-electron chi connectivity index (χ3n) is 1.39. The van der Waals surface area contributed by atoms with Crippen LogP contribution in [0.1, 0.15) is 20.7 Å². The fourth-order valence-electron chi connectivity index (χ4n) is 0.856. The number of benzene rings is 1. The maximum atomic E-state index is 10.5. The topological polar surface area (TPSA) is 98.4 Å². The van der Waals surface area contributed by atoms with Crippen LogP contribution in [0.2, 0.25) is 0 Å². The van der Waals surface area contributed by atoms with Crippen LogP contribution >= 0.6 is 0 Å². The Bertz CT molecular complexity index is 337. The Morgan fingerprint density at radius 1 is 1.00 bits per heavy atom. The zero-order valence-electron chi connectivity index (χ0n) is 6.97. The zero-order valence-corrected chi connectivity index (χ0v) is 6.97. The molecule has 0 aliphatic heterocycles. The summed E-state index contributed by atoms with van der Waals surface area (Å²) in [6.45, 7) is 4.75. The van der Waals surface area contributed by atoms with E-state index in [0.29, 0.717) is 0 Å². The lowest BCUT2D eigenvalue weighted by Crippen LogP contribution is -2.06. The van der Waals surface area contributed by atoms with Gasteiger partial charge in [-0.2, -0.15) is 0 Å². The summed E-state index contributed by atoms with van der Waals surface area (Å²) >= 11 is 0. The van der Waals surface area contributed by atoms with E-state index in [4.69, 9.17) is 22.0 Å². The van der Waals surface area contributed by atoms with Crippen molar-refractivity contribution in [1.29, 1.82) is 5.26 Å². The van der Waals surface area contributed by atoms with Crippen molar-refractivity contribution < 1.29 is 19.8 Å². The Morgan fingerprint density at radius 3 is 1.50 bits per heavy atom. The van der Waals surface area contributed by atoms with Gasteiger partial charge in [0.15, 0.2) is 0 Å². The van der Waals surface area contributed by atoms with Crippen molar-refractivity contribution in [2.75, 3.05) is 0 Å². The van der Waals surface area contributed by atoms with E-state index in [0.717, 1.165) is 0 Å². The number of hydrogen-bond acceptors (Lipinski definition) is 3. The lowest BCUT2D eigenvalue weighted by Gasteiger charge is -1.98. The number of carbonyl (C=O) groups is 2. The molecule has 2 N–H and O–H groups in total. The van der Waals surface area contributed by atoms with Gasteiger partial charge in [-0.1, -0.05) is 12.1 Å². The Hall–Kier alpha value is -2.35. The fraction of sp³-hybridized carbons (Fsp3) is 0. The molecule has 0 aliphatic carbocycles. The summed E-state index contributed by atoms with van der Waals surface area (Å²) in [4.78, 5) is 20.9. The summed E-state index contributed by atoms with van der Waals surface area (Å²) in [5.74, 6) is -2.46. The third kappa shape index (κ3) is 2.60. The second-order valence-corrected chi connectivity index (χ2v) is 2.16. The average molecular weight is 192 g/mol. The van der Waals surface area contributed by atoms with Gasteiger partial charge in [0.1, 0.15) is 0 Å². The van der Waals surface area contributed by atoms with Crippen LogP contribution in [0, 0.1) is 11.8 Å². The smallest absolute Gasteiger partial charge is 0.336 e. The summed E-state index contributed by atoms with van der Waals surface area (Å²) < 4.78 is 0. The Morgan fingerprint density at radius 2 is 1.29 bits per heavy atom. The molecule has 0 atom stereocenters. The molecule has 0 fully saturated rings. The van der Waals surface area contributed by atoms with Gasteiger partial charge in [-0.3, -0.25) is 0 Å². The molecule has 1 aromatic rings. The molecule has 0 saturated heterocycles. The normalized spacial score (nSPS) is 8.14. The molecule has 5 heteroatoms. The first kappa shape index (κ1) is 11.6. The van der Waals surface area contributed by atoms with Crippen LogP contribution in [0.4, 0.5) is 0 Å². The molecule has 72 valence electrons. The minimum atomic E-state index is -1.23. The van der Waals surface area contributed by atoms with Gasteiger partial charge in [0.25, 0.3) is 0 Å². The van der Waals surface area contributed by atoms with Crippen molar-refractivity contribution in [1.82, 2.24) is 0 Å². The molecule has 1 aromatic carbocycles. The van der Waals surface area contributed by atoms with Crippen LogP contribution in [0.25, 0.3) is 0 Å². The van der Waals surface area contributed by atoms with E-state index >= 15 is 0 Å². The Labute approximate surface area is 79.8 Å². The van der Waals surface area contributed by atoms with Crippen LogP contribution in [0.15, 0.2) is 24.3 Å². The number of carboxylic acid groups (broad SMARTS) is 2. The maximum Gasteiger partial charge on any atom is 0.336 e. The van der Waals surface area contributed by atoms with E-state index in [-0.39, 0.29) is 11.1 Å². The van der Waals surface area contributed by atoms with Gasteiger partial charge in [-0.25, -0.2) is 9.59 Å². The standard InChI is InChI=1S/C8H6O4.CN/c9-7(10)5-3-1-2-4-6(5)8(11)12;1-2/h1-4H,(H,9,10)(H,11,12);/q;-1. The molecule has 0 heterocycles. The highest BCUT2D eigenvalue weighted by atomic mass is 16.4. The van der Waals surface area contributed by atoms with Gasteiger partial charge >= 0.3 is 11.9 Å². The van der Waals surface area contributed by atoms with Gasteiger partial charge in [0.2, 0.25) is 0 Å². The molecular formula is C9H6NO4-. The first-order valence-electron chi connectivity index (χ1n) is 3.41. The molecule has 0 spiro atoms. The van der Waals surface area contributed by atoms with Crippen LogP contribution < -0.4 is 0 Å². The summed E-state index contributed by atoms with van der Waals surface area (Å²) in [7, 11) is 0. The predicted molar refractivity (Wildman–Crippen MR) is 45.3 cm³/mol. The monoisotopic (exact) mass is 192 g/mol. The number of nitrogens with zero attached hydrogens (tertiary/aromatic N) is 1. The van der Waals surface area contributed by atoms with E-state index in [1.165, 1.54) is 24.3 Å². The van der Waals surface area contributed by atoms with E-state index < -0.39 is 11.9 Å². The summed E-state index contributed by atoms with van der Waals surface area (Å²) in [6.07, 6.45) is 0. The minimum absolute atomic E-state index is 0.190. The summed E-state index contributed by atoms with van der Waals surface area (Å²) in [6, 6.07) is 5.48. The molecule has 5 nitrogen and oxygen atoms in total. The quantitative estimate of drug-likeness (QED) is 0.685. The average Bonchev–Trinajstić information content (AvgIpc) is 2.20. The second-order valence-electron chi connectivity index (χ2n) is 2.16. The lowest BCUT2D eigenvalue weighted by atomic mass is 10.1. The molecule has 0 bridgehead atoms. The molecule has 0 aromatic heterocycles. The first-order valence-corrected chi connectivity index (χ1v) is 3.41. The van der Waals surface area contributed by atoms with Crippen LogP contribution in [0.3, 0.4) is 0 Å². The van der Waals surface area contributed by atoms with E-state index in [1.54, 1.807) is 0 Å². The largest absolute Gasteiger partial charge is 0.512 e. The van der Waals surface area contributed by atoms with Crippen molar-refractivity contribution in [3.05, 3.63) is 42.0 Å². The van der Waals surface area contributed by atoms with Crippen molar-refractivity contribution in [3.8, 4) is 0 Å². The SMILES string of the molecule is O=C(O)c1ccccc1C(=O)O.[C-]#N. The minimum Gasteiger partial charge on any atom is -0.512 e. The van der Waals surface area contributed by atoms with Gasteiger partial charge in [-0.05, 0) is 12.1 Å². The van der Waals surface area contributed by atoms with E-state index in [1.807, 2.05) is 0 Å². The van der Waals surface area contributed by atoms with Gasteiger partial charge in [0, 0.05) is 0 Å². The molecule has 0 unspecified atom stereocenters. The molecular weight excluding hydrogens is 186 g/mol. The van der Waals surface area contributed by atoms with Gasteiger partial charge in [-0.15, -0.1) is 0 Å². The molecule has 0 amide bonds. The third-order valence-corrected chi connectivity index (χ3v) is 1.39. The van der Waals surface area contributed by atoms with E-state index in [9.17, 15) is 9.59 Å². The molecule has 0 radical (unpaired) electrons. The van der Waals surface area contributed by atoms with Gasteiger partial charge < -0.3 is 22.0 Å². The number of aromatic carboxylic acids is 2. The maximum absolute atomic E-state index is 10.5. The molecule has 0 saturated carbocycles. The highest BCUT2D eigenvalue weighted by molar-refractivity contribution is 6.01. The zero-order chi connectivity index (χ0) is 11.1. The highest BCUT2D eigenvalue weighted by Crippen LogP contribution is 2.07. The number of carboxylic acids is 2. The molecule has 14 heavy (non-hydrogen) atoms. The molecule has 1 rings (SSSR count). The van der Waals surface area contributed by atoms with Gasteiger partial charge in [0.05, 0.1) is 11.1 Å². The van der Waals surface area contributed by atoms with E-state index in [2.05, 4.69) is 0 Å². The predicted octanol–water partition coefficient (Wildman–Crippen LogP) is 1.18. The second kappa shape index (κ2) is 5.32. The van der Waals surface area contributed by atoms with Crippen LogP contribution in [-0.4, -0.2) is 22.2 Å². The Balaban J connectivity index is 0.000000791. The number of hydrogen-bond donors (Lipinski definition) is 2. The fourth-order valence-corrected chi connectivity index (χ4v) is 0.856. The summed E-state index contributed by atoms with van der Waals surface area (Å²) in [5.41, 5.74) is -0.380. The number of rotatable bonds is 2. The lowest BCUT2D eigenvalue weighted by molar-refractivity contribution is 0.0651. The van der Waals surface area contributed by atoms with Crippen LogP contribution in [-0.2, 0) is 0 Å². The van der Waals surface area contributed by atoms with Crippen molar-refractivity contribution in [3.63, 3.8) is 0 Å². The first-order chi connectivity index (χ1) is 6.63. The van der Waals surface area contributed by atoms with Crippen LogP contribution in [0.5, 0.6) is 0 Å². The van der Waals surface area contributed by atoms with Crippen molar-refractivity contribution in [2.24, 2.45) is 0 Å². The molecule has 0 aliphatic rings. The summed E-state index contributed by atoms with van der Waals surface area (Å²) in [5, 5.41) is 23.4. The Kier molecular flexibility index (Phi) is 4.43. The highest BCUT2D eigenvalue weighted by Gasteiger charge is 2.13. The van der Waals surface area contributed by atoms with Crippen molar-refractivity contribution in [2.45, 2.75) is 0 Å². The van der Waals surface area contributed by atoms with Crippen molar-refractivity contribution >= 4 is 11.9 Å².